The lowest BCUT2D eigenvalue weighted by Crippen LogP contribution is -1.93. The Morgan fingerprint density at radius 3 is 1.97 bits per heavy atom. The van der Waals surface area contributed by atoms with Crippen molar-refractivity contribution in [3.8, 4) is 22.4 Å². The first kappa shape index (κ1) is 22.2. The highest BCUT2D eigenvalue weighted by atomic mass is 19.1. The summed E-state index contributed by atoms with van der Waals surface area (Å²) >= 11 is 0. The number of halogens is 1. The fourth-order valence-electron chi connectivity index (χ4n) is 3.84. The second-order valence-corrected chi connectivity index (χ2v) is 8.21. The Morgan fingerprint density at radius 1 is 0.667 bits per heavy atom. The van der Waals surface area contributed by atoms with Crippen LogP contribution < -0.4 is 0 Å². The highest BCUT2D eigenvalue weighted by Gasteiger charge is 2.08. The fourth-order valence-corrected chi connectivity index (χ4v) is 3.84. The average Bonchev–Trinajstić information content (AvgIpc) is 2.78. The van der Waals surface area contributed by atoms with Gasteiger partial charge in [0, 0.05) is 17.3 Å². The third-order valence-corrected chi connectivity index (χ3v) is 5.75. The van der Waals surface area contributed by atoms with E-state index in [4.69, 9.17) is 0 Å². The molecular weight excluding hydrogens is 369 g/mol. The Hall–Kier alpha value is -2.48. The maximum atomic E-state index is 14.7. The van der Waals surface area contributed by atoms with Crippen LogP contribution in [0.2, 0.25) is 0 Å². The zero-order valence-corrected chi connectivity index (χ0v) is 18.5. The largest absolute Gasteiger partial charge is 0.256 e. The van der Waals surface area contributed by atoms with Crippen molar-refractivity contribution in [1.82, 2.24) is 4.98 Å². The number of unbranched alkanes of at least 4 members (excludes halogenated alkanes) is 5. The van der Waals surface area contributed by atoms with Crippen LogP contribution in [0.3, 0.4) is 0 Å². The summed E-state index contributed by atoms with van der Waals surface area (Å²) in [6, 6.07) is 18.3. The zero-order chi connectivity index (χ0) is 21.2. The first-order valence-electron chi connectivity index (χ1n) is 11.6. The van der Waals surface area contributed by atoms with Crippen LogP contribution >= 0.6 is 0 Å². The number of rotatable bonds is 11. The summed E-state index contributed by atoms with van der Waals surface area (Å²) in [6.07, 6.45) is 12.5. The average molecular weight is 404 g/mol. The molecule has 0 unspecified atom stereocenters. The van der Waals surface area contributed by atoms with Gasteiger partial charge in [-0.15, -0.1) is 0 Å². The van der Waals surface area contributed by atoms with Crippen LogP contribution in [0.25, 0.3) is 22.4 Å². The number of hydrogen-bond acceptors (Lipinski definition) is 1. The third-order valence-electron chi connectivity index (χ3n) is 5.75. The van der Waals surface area contributed by atoms with E-state index >= 15 is 0 Å². The summed E-state index contributed by atoms with van der Waals surface area (Å²) in [7, 11) is 0. The molecule has 0 fully saturated rings. The van der Waals surface area contributed by atoms with Gasteiger partial charge in [-0.25, -0.2) is 4.39 Å². The number of hydrogen-bond donors (Lipinski definition) is 0. The smallest absolute Gasteiger partial charge is 0.132 e. The molecule has 1 heterocycles. The molecule has 1 aromatic heterocycles. The summed E-state index contributed by atoms with van der Waals surface area (Å²) in [6.45, 7) is 4.44. The molecule has 0 atom stereocenters. The molecule has 30 heavy (non-hydrogen) atoms. The molecule has 0 bridgehead atoms. The van der Waals surface area contributed by atoms with Gasteiger partial charge in [0.1, 0.15) is 5.82 Å². The van der Waals surface area contributed by atoms with Crippen molar-refractivity contribution in [2.75, 3.05) is 0 Å². The van der Waals surface area contributed by atoms with Crippen LogP contribution in [0.4, 0.5) is 4.39 Å². The molecule has 1 nitrogen and oxygen atoms in total. The lowest BCUT2D eigenvalue weighted by molar-refractivity contribution is 0.624. The van der Waals surface area contributed by atoms with Gasteiger partial charge in [0.15, 0.2) is 0 Å². The van der Waals surface area contributed by atoms with E-state index in [1.807, 2.05) is 30.5 Å². The van der Waals surface area contributed by atoms with Crippen LogP contribution in [-0.4, -0.2) is 4.98 Å². The summed E-state index contributed by atoms with van der Waals surface area (Å²) in [5, 5.41) is 0. The predicted octanol–water partition coefficient (Wildman–Crippen LogP) is 8.41. The van der Waals surface area contributed by atoms with E-state index in [1.54, 1.807) is 6.07 Å². The molecule has 2 aromatic carbocycles. The molecule has 0 spiro atoms. The lowest BCUT2D eigenvalue weighted by atomic mass is 10.0. The van der Waals surface area contributed by atoms with Gasteiger partial charge < -0.3 is 0 Å². The molecule has 0 aliphatic rings. The van der Waals surface area contributed by atoms with Crippen LogP contribution in [0.1, 0.15) is 69.9 Å². The zero-order valence-electron chi connectivity index (χ0n) is 18.5. The van der Waals surface area contributed by atoms with Gasteiger partial charge in [-0.3, -0.25) is 4.98 Å². The van der Waals surface area contributed by atoms with Crippen molar-refractivity contribution in [3.63, 3.8) is 0 Å². The summed E-state index contributed by atoms with van der Waals surface area (Å²) in [5.41, 5.74) is 5.93. The van der Waals surface area contributed by atoms with E-state index in [0.29, 0.717) is 11.3 Å². The first-order chi connectivity index (χ1) is 14.7. The van der Waals surface area contributed by atoms with Gasteiger partial charge in [0.2, 0.25) is 0 Å². The lowest BCUT2D eigenvalue weighted by Gasteiger charge is -2.08. The number of aromatic nitrogens is 1. The molecular formula is C28H34FN. The van der Waals surface area contributed by atoms with Crippen molar-refractivity contribution in [2.45, 2.75) is 71.6 Å². The Kier molecular flexibility index (Phi) is 8.62. The molecule has 0 saturated carbocycles. The molecule has 0 radical (unpaired) electrons. The SMILES string of the molecule is CCCCCCc1ccc(-c2ccc(-c3ccc(CCCCC)cc3)cn2)c(F)c1. The van der Waals surface area contributed by atoms with E-state index in [2.05, 4.69) is 43.1 Å². The molecule has 0 aliphatic carbocycles. The van der Waals surface area contributed by atoms with Gasteiger partial charge in [0.05, 0.1) is 5.69 Å². The third kappa shape index (κ3) is 6.26. The van der Waals surface area contributed by atoms with Crippen molar-refractivity contribution in [2.24, 2.45) is 0 Å². The van der Waals surface area contributed by atoms with Crippen LogP contribution in [0, 0.1) is 5.82 Å². The Bertz CT molecular complexity index is 897. The minimum absolute atomic E-state index is 0.181. The molecule has 0 aliphatic heterocycles. The van der Waals surface area contributed by atoms with Crippen molar-refractivity contribution in [3.05, 3.63) is 77.7 Å². The fraction of sp³-hybridized carbons (Fsp3) is 0.393. The number of benzene rings is 2. The summed E-state index contributed by atoms with van der Waals surface area (Å²) < 4.78 is 14.7. The van der Waals surface area contributed by atoms with Gasteiger partial charge in [-0.1, -0.05) is 82.3 Å². The van der Waals surface area contributed by atoms with Crippen LogP contribution in [0.5, 0.6) is 0 Å². The molecule has 0 saturated heterocycles. The summed E-state index contributed by atoms with van der Waals surface area (Å²) in [5.74, 6) is -0.181. The minimum Gasteiger partial charge on any atom is -0.256 e. The van der Waals surface area contributed by atoms with Gasteiger partial charge in [0.25, 0.3) is 0 Å². The monoisotopic (exact) mass is 403 g/mol. The normalized spacial score (nSPS) is 11.0. The molecule has 0 amide bonds. The topological polar surface area (TPSA) is 12.9 Å². The maximum Gasteiger partial charge on any atom is 0.132 e. The standard InChI is InChI=1S/C28H34FN/c1-3-5-7-9-11-23-14-18-26(27(29)20-23)28-19-17-25(21-30-28)24-15-12-22(13-16-24)10-8-6-4-2/h12-21H,3-11H2,1-2H3. The minimum atomic E-state index is -0.181. The molecule has 0 N–H and O–H groups in total. The number of nitrogens with zero attached hydrogens (tertiary/aromatic N) is 1. The van der Waals surface area contributed by atoms with E-state index in [-0.39, 0.29) is 5.82 Å². The highest BCUT2D eigenvalue weighted by Crippen LogP contribution is 2.26. The van der Waals surface area contributed by atoms with E-state index in [0.717, 1.165) is 36.0 Å². The predicted molar refractivity (Wildman–Crippen MR) is 126 cm³/mol. The molecule has 158 valence electrons. The van der Waals surface area contributed by atoms with Gasteiger partial charge in [-0.05, 0) is 60.6 Å². The van der Waals surface area contributed by atoms with E-state index in [9.17, 15) is 4.39 Å². The quantitative estimate of drug-likeness (QED) is 0.293. The Morgan fingerprint density at radius 2 is 1.30 bits per heavy atom. The van der Waals surface area contributed by atoms with E-state index in [1.165, 1.54) is 44.1 Å². The first-order valence-corrected chi connectivity index (χ1v) is 11.6. The van der Waals surface area contributed by atoms with Crippen LogP contribution in [-0.2, 0) is 12.8 Å². The van der Waals surface area contributed by atoms with Gasteiger partial charge >= 0.3 is 0 Å². The molecule has 3 aromatic rings. The van der Waals surface area contributed by atoms with Gasteiger partial charge in [-0.2, -0.15) is 0 Å². The Labute approximate surface area is 181 Å². The molecule has 2 heteroatoms. The van der Waals surface area contributed by atoms with E-state index < -0.39 is 0 Å². The van der Waals surface area contributed by atoms with Crippen molar-refractivity contribution >= 4 is 0 Å². The summed E-state index contributed by atoms with van der Waals surface area (Å²) in [4.78, 5) is 4.55. The maximum absolute atomic E-state index is 14.7. The molecule has 3 rings (SSSR count). The highest BCUT2D eigenvalue weighted by molar-refractivity contribution is 5.67. The van der Waals surface area contributed by atoms with Crippen molar-refractivity contribution in [1.29, 1.82) is 0 Å². The van der Waals surface area contributed by atoms with Crippen LogP contribution in [0.15, 0.2) is 60.8 Å². The second kappa shape index (κ2) is 11.6. The number of aryl methyl sites for hydroxylation is 2. The number of pyridine rings is 1. The Balaban J connectivity index is 1.65. The second-order valence-electron chi connectivity index (χ2n) is 8.21. The van der Waals surface area contributed by atoms with Crippen molar-refractivity contribution < 1.29 is 4.39 Å².